The molecule has 0 aromatic rings. The Morgan fingerprint density at radius 1 is 1.33 bits per heavy atom. The summed E-state index contributed by atoms with van der Waals surface area (Å²) < 4.78 is 26.6. The summed E-state index contributed by atoms with van der Waals surface area (Å²) in [6.07, 6.45) is 0.846. The van der Waals surface area contributed by atoms with Crippen molar-refractivity contribution in [1.82, 2.24) is 0 Å². The first-order chi connectivity index (χ1) is 5.64. The normalized spacial score (nSPS) is 22.1. The molecule has 0 amide bonds. The van der Waals surface area contributed by atoms with Gasteiger partial charge in [0.15, 0.2) is 9.84 Å². The fourth-order valence-electron chi connectivity index (χ4n) is 1.27. The smallest absolute Gasteiger partial charge is 0.150 e. The van der Waals surface area contributed by atoms with Crippen LogP contribution in [-0.2, 0) is 14.6 Å². The second-order valence-corrected chi connectivity index (χ2v) is 5.29. The van der Waals surface area contributed by atoms with Gasteiger partial charge in [0.2, 0.25) is 0 Å². The fraction of sp³-hybridized carbons (Fsp3) is 1.00. The summed E-state index contributed by atoms with van der Waals surface area (Å²) in [5.41, 5.74) is 5.21. The zero-order chi connectivity index (χ0) is 9.03. The molecule has 5 heteroatoms. The molecular formula is C7H15NO3S. The number of nitrogens with two attached hydrogens (primary N) is 1. The Balaban J connectivity index is 1.97. The van der Waals surface area contributed by atoms with Gasteiger partial charge < -0.3 is 10.5 Å². The third-order valence-corrected chi connectivity index (χ3v) is 3.87. The molecule has 1 saturated heterocycles. The number of ether oxygens (including phenoxy) is 1. The van der Waals surface area contributed by atoms with Crippen LogP contribution in [-0.4, -0.2) is 39.7 Å². The van der Waals surface area contributed by atoms with E-state index < -0.39 is 9.84 Å². The first-order valence-electron chi connectivity index (χ1n) is 4.12. The number of hydrogen-bond donors (Lipinski definition) is 1. The lowest BCUT2D eigenvalue weighted by Gasteiger charge is -2.25. The van der Waals surface area contributed by atoms with E-state index in [1.54, 1.807) is 0 Å². The van der Waals surface area contributed by atoms with Gasteiger partial charge in [-0.1, -0.05) is 0 Å². The molecule has 0 unspecified atom stereocenters. The molecule has 0 aromatic carbocycles. The van der Waals surface area contributed by atoms with Crippen LogP contribution in [0.1, 0.15) is 6.42 Å². The Bertz CT molecular complexity index is 213. The van der Waals surface area contributed by atoms with Gasteiger partial charge in [-0.2, -0.15) is 0 Å². The van der Waals surface area contributed by atoms with Gasteiger partial charge in [0.1, 0.15) is 0 Å². The first-order valence-corrected chi connectivity index (χ1v) is 5.94. The van der Waals surface area contributed by atoms with Crippen LogP contribution in [0, 0.1) is 5.92 Å². The molecular weight excluding hydrogens is 178 g/mol. The molecule has 0 atom stereocenters. The van der Waals surface area contributed by atoms with Gasteiger partial charge >= 0.3 is 0 Å². The maximum absolute atomic E-state index is 10.7. The topological polar surface area (TPSA) is 69.4 Å². The quantitative estimate of drug-likeness (QED) is 0.592. The van der Waals surface area contributed by atoms with Gasteiger partial charge in [0.05, 0.1) is 18.1 Å². The molecule has 72 valence electrons. The average molecular weight is 193 g/mol. The molecule has 0 aliphatic carbocycles. The SMILES string of the molecule is NCCOCCC1CS(=O)(=O)C1. The van der Waals surface area contributed by atoms with E-state index in [1.807, 2.05) is 0 Å². The Morgan fingerprint density at radius 2 is 2.00 bits per heavy atom. The average Bonchev–Trinajstić information content (AvgIpc) is 1.94. The Morgan fingerprint density at radius 3 is 2.50 bits per heavy atom. The lowest BCUT2D eigenvalue weighted by Crippen LogP contribution is -2.36. The van der Waals surface area contributed by atoms with Crippen LogP contribution in [0.5, 0.6) is 0 Å². The lowest BCUT2D eigenvalue weighted by molar-refractivity contribution is 0.129. The zero-order valence-corrected chi connectivity index (χ0v) is 7.85. The molecule has 1 fully saturated rings. The zero-order valence-electron chi connectivity index (χ0n) is 7.03. The number of hydrogen-bond acceptors (Lipinski definition) is 4. The van der Waals surface area contributed by atoms with Crippen LogP contribution in [0.2, 0.25) is 0 Å². The predicted octanol–water partition coefficient (Wildman–Crippen LogP) is -0.604. The predicted molar refractivity (Wildman–Crippen MR) is 46.6 cm³/mol. The van der Waals surface area contributed by atoms with E-state index in [-0.39, 0.29) is 0 Å². The van der Waals surface area contributed by atoms with Gasteiger partial charge in [0, 0.05) is 13.2 Å². The molecule has 1 aliphatic heterocycles. The molecule has 1 rings (SSSR count). The molecule has 1 aliphatic rings. The third kappa shape index (κ3) is 3.08. The van der Waals surface area contributed by atoms with Crippen molar-refractivity contribution >= 4 is 9.84 Å². The lowest BCUT2D eigenvalue weighted by atomic mass is 10.1. The van der Waals surface area contributed by atoms with Crippen molar-refractivity contribution in [2.75, 3.05) is 31.3 Å². The van der Waals surface area contributed by atoms with Crippen LogP contribution < -0.4 is 5.73 Å². The largest absolute Gasteiger partial charge is 0.380 e. The van der Waals surface area contributed by atoms with Crippen molar-refractivity contribution in [2.45, 2.75) is 6.42 Å². The van der Waals surface area contributed by atoms with E-state index in [9.17, 15) is 8.42 Å². The van der Waals surface area contributed by atoms with Crippen LogP contribution >= 0.6 is 0 Å². The third-order valence-electron chi connectivity index (χ3n) is 1.91. The Labute approximate surface area is 73.0 Å². The molecule has 0 saturated carbocycles. The summed E-state index contributed by atoms with van der Waals surface area (Å²) in [6, 6.07) is 0. The Hall–Kier alpha value is -0.130. The number of sulfone groups is 1. The van der Waals surface area contributed by atoms with Crippen molar-refractivity contribution in [3.8, 4) is 0 Å². The van der Waals surface area contributed by atoms with E-state index in [0.717, 1.165) is 6.42 Å². The highest BCUT2D eigenvalue weighted by atomic mass is 32.2. The van der Waals surface area contributed by atoms with E-state index in [1.165, 1.54) is 0 Å². The first kappa shape index (κ1) is 9.95. The Kier molecular flexibility index (Phi) is 3.49. The standard InChI is InChI=1S/C7H15NO3S/c8-2-4-11-3-1-7-5-12(9,10)6-7/h7H,1-6,8H2. The van der Waals surface area contributed by atoms with Gasteiger partial charge in [-0.3, -0.25) is 0 Å². The minimum Gasteiger partial charge on any atom is -0.380 e. The highest BCUT2D eigenvalue weighted by Gasteiger charge is 2.32. The molecule has 0 bridgehead atoms. The van der Waals surface area contributed by atoms with E-state index >= 15 is 0 Å². The van der Waals surface area contributed by atoms with Crippen molar-refractivity contribution in [2.24, 2.45) is 11.7 Å². The van der Waals surface area contributed by atoms with Crippen molar-refractivity contribution in [3.63, 3.8) is 0 Å². The van der Waals surface area contributed by atoms with Gasteiger partial charge in [-0.25, -0.2) is 8.42 Å². The van der Waals surface area contributed by atoms with Gasteiger partial charge in [-0.15, -0.1) is 0 Å². The molecule has 0 radical (unpaired) electrons. The summed E-state index contributed by atoms with van der Waals surface area (Å²) in [5.74, 6) is 1.02. The van der Waals surface area contributed by atoms with Crippen LogP contribution in [0.15, 0.2) is 0 Å². The van der Waals surface area contributed by atoms with Gasteiger partial charge in [0.25, 0.3) is 0 Å². The molecule has 4 nitrogen and oxygen atoms in total. The minimum atomic E-state index is -2.65. The van der Waals surface area contributed by atoms with Crippen molar-refractivity contribution in [1.29, 1.82) is 0 Å². The van der Waals surface area contributed by atoms with Crippen LogP contribution in [0.3, 0.4) is 0 Å². The van der Waals surface area contributed by atoms with Crippen LogP contribution in [0.25, 0.3) is 0 Å². The summed E-state index contributed by atoms with van der Waals surface area (Å²) in [4.78, 5) is 0. The highest BCUT2D eigenvalue weighted by Crippen LogP contribution is 2.21. The van der Waals surface area contributed by atoms with E-state index in [2.05, 4.69) is 0 Å². The van der Waals surface area contributed by atoms with E-state index in [0.29, 0.717) is 37.2 Å². The maximum Gasteiger partial charge on any atom is 0.150 e. The van der Waals surface area contributed by atoms with Crippen LogP contribution in [0.4, 0.5) is 0 Å². The molecule has 2 N–H and O–H groups in total. The number of rotatable bonds is 5. The van der Waals surface area contributed by atoms with Crippen molar-refractivity contribution in [3.05, 3.63) is 0 Å². The monoisotopic (exact) mass is 193 g/mol. The van der Waals surface area contributed by atoms with Crippen molar-refractivity contribution < 1.29 is 13.2 Å². The summed E-state index contributed by atoms with van der Waals surface area (Å²) in [5, 5.41) is 0. The minimum absolute atomic E-state index is 0.327. The summed E-state index contributed by atoms with van der Waals surface area (Å²) in [7, 11) is -2.65. The second kappa shape index (κ2) is 4.20. The maximum atomic E-state index is 10.7. The molecule has 0 aromatic heterocycles. The fourth-order valence-corrected chi connectivity index (χ4v) is 2.94. The summed E-state index contributed by atoms with van der Waals surface area (Å²) >= 11 is 0. The second-order valence-electron chi connectivity index (χ2n) is 3.13. The molecule has 1 heterocycles. The van der Waals surface area contributed by atoms with Gasteiger partial charge in [-0.05, 0) is 12.3 Å². The molecule has 12 heavy (non-hydrogen) atoms. The van der Waals surface area contributed by atoms with E-state index in [4.69, 9.17) is 10.5 Å². The molecule has 0 spiro atoms. The summed E-state index contributed by atoms with van der Waals surface area (Å²) in [6.45, 7) is 1.74. The highest BCUT2D eigenvalue weighted by molar-refractivity contribution is 7.92.